The molecule has 1 amide bonds. The average molecular weight is 482 g/mol. The molecule has 1 aliphatic heterocycles. The molecule has 33 heavy (non-hydrogen) atoms. The summed E-state index contributed by atoms with van der Waals surface area (Å²) in [5.41, 5.74) is 3.16. The Morgan fingerprint density at radius 3 is 2.58 bits per heavy atom. The lowest BCUT2D eigenvalue weighted by Gasteiger charge is -2.32. The number of amides is 1. The van der Waals surface area contributed by atoms with Gasteiger partial charge in [-0.2, -0.15) is 0 Å². The van der Waals surface area contributed by atoms with Crippen molar-refractivity contribution in [2.45, 2.75) is 39.0 Å². The molecule has 0 atom stereocenters. The van der Waals surface area contributed by atoms with Gasteiger partial charge in [0, 0.05) is 42.2 Å². The summed E-state index contributed by atoms with van der Waals surface area (Å²) in [4.78, 5) is 19.2. The van der Waals surface area contributed by atoms with E-state index < -0.39 is 0 Å². The highest BCUT2D eigenvalue weighted by Crippen LogP contribution is 2.18. The van der Waals surface area contributed by atoms with E-state index in [1.165, 1.54) is 5.56 Å². The normalized spacial score (nSPS) is 15.1. The molecule has 2 aromatic carbocycles. The number of hydrogen-bond acceptors (Lipinski definition) is 5. The minimum absolute atomic E-state index is 0.0506. The van der Waals surface area contributed by atoms with Crippen molar-refractivity contribution in [2.24, 2.45) is 0 Å². The molecule has 0 spiro atoms. The minimum Gasteiger partial charge on any atom is -0.487 e. The summed E-state index contributed by atoms with van der Waals surface area (Å²) in [6.45, 7) is 5.30. The zero-order valence-corrected chi connectivity index (χ0v) is 20.2. The summed E-state index contributed by atoms with van der Waals surface area (Å²) in [7, 11) is 0. The molecule has 0 aliphatic carbocycles. The number of ether oxygens (including phenoxy) is 1. The lowest BCUT2D eigenvalue weighted by atomic mass is 10.0. The van der Waals surface area contributed by atoms with Gasteiger partial charge in [-0.1, -0.05) is 35.9 Å². The van der Waals surface area contributed by atoms with E-state index in [2.05, 4.69) is 27.3 Å². The first-order valence-electron chi connectivity index (χ1n) is 11.1. The van der Waals surface area contributed by atoms with Crippen LogP contribution in [0, 0.1) is 6.92 Å². The fourth-order valence-electron chi connectivity index (χ4n) is 3.81. The van der Waals surface area contributed by atoms with Crippen molar-refractivity contribution in [2.75, 3.05) is 13.1 Å². The second kappa shape index (κ2) is 11.5. The SMILES string of the molecule is Cc1nc(COc2ccc(/C=C/C(=O)NC3CCN(Cc4ccc(Cl)cc4)CC3)cc2)cs1. The number of halogens is 1. The van der Waals surface area contributed by atoms with Crippen LogP contribution in [0.2, 0.25) is 5.02 Å². The molecule has 3 aromatic rings. The summed E-state index contributed by atoms with van der Waals surface area (Å²) in [5.74, 6) is 0.734. The van der Waals surface area contributed by atoms with Crippen LogP contribution in [-0.2, 0) is 17.9 Å². The maximum atomic E-state index is 12.4. The van der Waals surface area contributed by atoms with Crippen LogP contribution in [0.1, 0.15) is 34.7 Å². The van der Waals surface area contributed by atoms with E-state index in [1.54, 1.807) is 17.4 Å². The van der Waals surface area contributed by atoms with Crippen LogP contribution in [0.4, 0.5) is 0 Å². The molecule has 5 nitrogen and oxygen atoms in total. The molecule has 2 heterocycles. The van der Waals surface area contributed by atoms with Gasteiger partial charge in [0.1, 0.15) is 12.4 Å². The predicted octanol–water partition coefficient (Wildman–Crippen LogP) is 5.48. The summed E-state index contributed by atoms with van der Waals surface area (Å²) in [6.07, 6.45) is 5.35. The number of aryl methyl sites for hydroxylation is 1. The van der Waals surface area contributed by atoms with Crippen LogP contribution in [-0.4, -0.2) is 34.9 Å². The molecule has 7 heteroatoms. The van der Waals surface area contributed by atoms with E-state index in [1.807, 2.05) is 54.8 Å². The van der Waals surface area contributed by atoms with E-state index in [4.69, 9.17) is 16.3 Å². The van der Waals surface area contributed by atoms with Crippen molar-refractivity contribution in [3.63, 3.8) is 0 Å². The minimum atomic E-state index is -0.0506. The van der Waals surface area contributed by atoms with Crippen molar-refractivity contribution in [3.8, 4) is 5.75 Å². The zero-order chi connectivity index (χ0) is 23.0. The number of nitrogens with one attached hydrogen (secondary N) is 1. The van der Waals surface area contributed by atoms with Gasteiger partial charge >= 0.3 is 0 Å². The fraction of sp³-hybridized carbons (Fsp3) is 0.308. The van der Waals surface area contributed by atoms with E-state index in [0.717, 1.165) is 59.5 Å². The van der Waals surface area contributed by atoms with Crippen LogP contribution in [0.5, 0.6) is 5.75 Å². The molecule has 0 saturated carbocycles. The quantitative estimate of drug-likeness (QED) is 0.433. The molecule has 4 rings (SSSR count). The van der Waals surface area contributed by atoms with E-state index in [9.17, 15) is 4.79 Å². The zero-order valence-electron chi connectivity index (χ0n) is 18.7. The molecule has 0 radical (unpaired) electrons. The Kier molecular flexibility index (Phi) is 8.15. The number of rotatable bonds is 8. The number of hydrogen-bond donors (Lipinski definition) is 1. The number of likely N-dealkylation sites (tertiary alicyclic amines) is 1. The fourth-order valence-corrected chi connectivity index (χ4v) is 4.53. The second-order valence-electron chi connectivity index (χ2n) is 8.23. The van der Waals surface area contributed by atoms with E-state index in [-0.39, 0.29) is 11.9 Å². The van der Waals surface area contributed by atoms with Crippen LogP contribution in [0.25, 0.3) is 6.08 Å². The van der Waals surface area contributed by atoms with Crippen LogP contribution in [0.3, 0.4) is 0 Å². The van der Waals surface area contributed by atoms with Crippen molar-refractivity contribution >= 4 is 34.9 Å². The maximum absolute atomic E-state index is 12.4. The Labute approximate surface area is 204 Å². The van der Waals surface area contributed by atoms with Gasteiger partial charge in [-0.15, -0.1) is 11.3 Å². The van der Waals surface area contributed by atoms with Gasteiger partial charge < -0.3 is 10.1 Å². The molecule has 1 saturated heterocycles. The number of carbonyl (C=O) groups excluding carboxylic acids is 1. The molecule has 0 bridgehead atoms. The first-order valence-corrected chi connectivity index (χ1v) is 12.4. The molecule has 0 unspecified atom stereocenters. The second-order valence-corrected chi connectivity index (χ2v) is 9.73. The van der Waals surface area contributed by atoms with Crippen LogP contribution < -0.4 is 10.1 Å². The lowest BCUT2D eigenvalue weighted by Crippen LogP contribution is -2.43. The summed E-state index contributed by atoms with van der Waals surface area (Å²) < 4.78 is 5.77. The first kappa shape index (κ1) is 23.5. The maximum Gasteiger partial charge on any atom is 0.244 e. The third kappa shape index (κ3) is 7.42. The number of piperidine rings is 1. The van der Waals surface area contributed by atoms with Crippen molar-refractivity contribution in [1.82, 2.24) is 15.2 Å². The molecule has 1 fully saturated rings. The number of carbonyl (C=O) groups is 1. The van der Waals surface area contributed by atoms with Crippen LogP contribution >= 0.6 is 22.9 Å². The van der Waals surface area contributed by atoms with Crippen molar-refractivity contribution in [1.29, 1.82) is 0 Å². The largest absolute Gasteiger partial charge is 0.487 e. The Hall–Kier alpha value is -2.67. The monoisotopic (exact) mass is 481 g/mol. The standard InChI is InChI=1S/C26H28ClN3O2S/c1-19-28-24(18-33-19)17-32-25-9-4-20(5-10-25)6-11-26(31)29-23-12-14-30(15-13-23)16-21-2-7-22(27)8-3-21/h2-11,18,23H,12-17H2,1H3,(H,29,31)/b11-6+. The van der Waals surface area contributed by atoms with Gasteiger partial charge in [0.15, 0.2) is 0 Å². The Morgan fingerprint density at radius 2 is 1.91 bits per heavy atom. The van der Waals surface area contributed by atoms with Gasteiger partial charge in [-0.3, -0.25) is 9.69 Å². The Balaban J connectivity index is 1.18. The van der Waals surface area contributed by atoms with Gasteiger partial charge in [-0.05, 0) is 61.2 Å². The molecule has 1 N–H and O–H groups in total. The number of benzene rings is 2. The topological polar surface area (TPSA) is 54.5 Å². The van der Waals surface area contributed by atoms with Crippen molar-refractivity contribution in [3.05, 3.63) is 86.8 Å². The third-order valence-electron chi connectivity index (χ3n) is 5.61. The van der Waals surface area contributed by atoms with Gasteiger partial charge in [0.05, 0.1) is 10.7 Å². The molecule has 172 valence electrons. The highest BCUT2D eigenvalue weighted by atomic mass is 35.5. The van der Waals surface area contributed by atoms with Crippen LogP contribution in [0.15, 0.2) is 60.0 Å². The molecular formula is C26H28ClN3O2S. The Morgan fingerprint density at radius 1 is 1.18 bits per heavy atom. The number of nitrogens with zero attached hydrogens (tertiary/aromatic N) is 2. The van der Waals surface area contributed by atoms with Gasteiger partial charge in [0.25, 0.3) is 0 Å². The van der Waals surface area contributed by atoms with E-state index >= 15 is 0 Å². The smallest absolute Gasteiger partial charge is 0.244 e. The number of thiazole rings is 1. The number of aromatic nitrogens is 1. The Bertz CT molecular complexity index is 1070. The first-order chi connectivity index (χ1) is 16.0. The van der Waals surface area contributed by atoms with Crippen molar-refractivity contribution < 1.29 is 9.53 Å². The molecular weight excluding hydrogens is 454 g/mol. The van der Waals surface area contributed by atoms with Gasteiger partial charge in [-0.25, -0.2) is 4.98 Å². The molecule has 1 aromatic heterocycles. The predicted molar refractivity (Wildman–Crippen MR) is 135 cm³/mol. The average Bonchev–Trinajstić information content (AvgIpc) is 3.25. The highest BCUT2D eigenvalue weighted by molar-refractivity contribution is 7.09. The third-order valence-corrected chi connectivity index (χ3v) is 6.69. The summed E-state index contributed by atoms with van der Waals surface area (Å²) >= 11 is 7.58. The highest BCUT2D eigenvalue weighted by Gasteiger charge is 2.20. The van der Waals surface area contributed by atoms with E-state index in [0.29, 0.717) is 6.61 Å². The lowest BCUT2D eigenvalue weighted by molar-refractivity contribution is -0.117. The van der Waals surface area contributed by atoms with Gasteiger partial charge in [0.2, 0.25) is 5.91 Å². The summed E-state index contributed by atoms with van der Waals surface area (Å²) in [6, 6.07) is 15.9. The molecule has 1 aliphatic rings. The summed E-state index contributed by atoms with van der Waals surface area (Å²) in [5, 5.41) is 6.94.